The number of esters is 1. The van der Waals surface area contributed by atoms with Gasteiger partial charge in [0.1, 0.15) is 4.83 Å². The van der Waals surface area contributed by atoms with E-state index in [0.717, 1.165) is 4.57 Å². The van der Waals surface area contributed by atoms with Crippen LogP contribution in [0.25, 0.3) is 10.2 Å². The van der Waals surface area contributed by atoms with Gasteiger partial charge in [-0.2, -0.15) is 0 Å². The number of methoxy groups -OCH3 is 1. The number of thiophene rings is 1. The lowest BCUT2D eigenvalue weighted by molar-refractivity contribution is 0.0602. The van der Waals surface area contributed by atoms with E-state index in [1.807, 2.05) is 13.8 Å². The van der Waals surface area contributed by atoms with Crippen LogP contribution in [0, 0.1) is 12.8 Å². The number of hydrogen-bond acceptors (Lipinski definition) is 5. The summed E-state index contributed by atoms with van der Waals surface area (Å²) >= 11 is 1.28. The number of aryl methyl sites for hydroxylation is 1. The Kier molecular flexibility index (Phi) is 4.04. The molecule has 0 fully saturated rings. The average molecular weight is 310 g/mol. The Morgan fingerprint density at radius 3 is 2.48 bits per heavy atom. The van der Waals surface area contributed by atoms with Crippen LogP contribution in [0.3, 0.4) is 0 Å². The van der Waals surface area contributed by atoms with Gasteiger partial charge in [0.25, 0.3) is 5.56 Å². The molecule has 2 heterocycles. The van der Waals surface area contributed by atoms with Gasteiger partial charge in [-0.15, -0.1) is 11.3 Å². The Hall–Kier alpha value is -1.89. The standard InChI is InChI=1S/C14H18N2O4S/c1-7(2)6-16-12-10(11(17)15(4)14(16)19)9(8(3)21-12)13(18)20-5/h7H,6H2,1-5H3. The van der Waals surface area contributed by atoms with Crippen molar-refractivity contribution in [2.75, 3.05) is 7.11 Å². The predicted molar refractivity (Wildman–Crippen MR) is 82.2 cm³/mol. The van der Waals surface area contributed by atoms with E-state index in [-0.39, 0.29) is 22.6 Å². The fraction of sp³-hybridized carbons (Fsp3) is 0.500. The maximum Gasteiger partial charge on any atom is 0.339 e. The van der Waals surface area contributed by atoms with E-state index in [1.54, 1.807) is 11.5 Å². The third kappa shape index (κ3) is 2.42. The fourth-order valence-electron chi connectivity index (χ4n) is 2.32. The third-order valence-electron chi connectivity index (χ3n) is 3.28. The number of ether oxygens (including phenoxy) is 1. The molecule has 0 aliphatic carbocycles. The van der Waals surface area contributed by atoms with E-state index >= 15 is 0 Å². The monoisotopic (exact) mass is 310 g/mol. The molecule has 0 amide bonds. The number of nitrogens with zero attached hydrogens (tertiary/aromatic N) is 2. The maximum atomic E-state index is 12.4. The zero-order valence-corrected chi connectivity index (χ0v) is 13.5. The molecule has 0 aliphatic rings. The van der Waals surface area contributed by atoms with Gasteiger partial charge in [-0.3, -0.25) is 13.9 Å². The van der Waals surface area contributed by atoms with Crippen molar-refractivity contribution in [1.82, 2.24) is 9.13 Å². The number of carbonyl (C=O) groups excluding carboxylic acids is 1. The number of aromatic nitrogens is 2. The Morgan fingerprint density at radius 1 is 1.33 bits per heavy atom. The molecule has 0 saturated heterocycles. The quantitative estimate of drug-likeness (QED) is 0.806. The van der Waals surface area contributed by atoms with Crippen LogP contribution in [0.4, 0.5) is 0 Å². The van der Waals surface area contributed by atoms with Crippen LogP contribution < -0.4 is 11.2 Å². The number of rotatable bonds is 3. The van der Waals surface area contributed by atoms with Gasteiger partial charge in [0.05, 0.1) is 18.1 Å². The lowest BCUT2D eigenvalue weighted by Crippen LogP contribution is -2.38. The molecule has 0 unspecified atom stereocenters. The van der Waals surface area contributed by atoms with Crippen LogP contribution in [0.5, 0.6) is 0 Å². The molecule has 0 aliphatic heterocycles. The van der Waals surface area contributed by atoms with Crippen LogP contribution in [0.1, 0.15) is 29.1 Å². The highest BCUT2D eigenvalue weighted by atomic mass is 32.1. The van der Waals surface area contributed by atoms with Gasteiger partial charge in [0, 0.05) is 18.5 Å². The molecule has 114 valence electrons. The van der Waals surface area contributed by atoms with E-state index in [1.165, 1.54) is 25.5 Å². The molecule has 21 heavy (non-hydrogen) atoms. The Labute approximate surface area is 125 Å². The largest absolute Gasteiger partial charge is 0.465 e. The third-order valence-corrected chi connectivity index (χ3v) is 4.41. The second-order valence-electron chi connectivity index (χ2n) is 5.36. The van der Waals surface area contributed by atoms with Crippen LogP contribution in [0.15, 0.2) is 9.59 Å². The van der Waals surface area contributed by atoms with Crippen LogP contribution in [0.2, 0.25) is 0 Å². The second kappa shape index (κ2) is 5.48. The molecule has 0 aromatic carbocycles. The van der Waals surface area contributed by atoms with Gasteiger partial charge in [-0.1, -0.05) is 13.8 Å². The van der Waals surface area contributed by atoms with Crippen molar-refractivity contribution >= 4 is 27.5 Å². The van der Waals surface area contributed by atoms with Gasteiger partial charge in [-0.25, -0.2) is 9.59 Å². The summed E-state index contributed by atoms with van der Waals surface area (Å²) < 4.78 is 7.37. The van der Waals surface area contributed by atoms with Crippen molar-refractivity contribution < 1.29 is 9.53 Å². The molecule has 2 aromatic heterocycles. The predicted octanol–water partition coefficient (Wildman–Crippen LogP) is 1.51. The summed E-state index contributed by atoms with van der Waals surface area (Å²) in [6, 6.07) is 0. The molecule has 0 saturated carbocycles. The van der Waals surface area contributed by atoms with E-state index in [4.69, 9.17) is 4.74 Å². The molecular formula is C14H18N2O4S. The fourth-order valence-corrected chi connectivity index (χ4v) is 3.45. The summed E-state index contributed by atoms with van der Waals surface area (Å²) in [5.74, 6) is -0.307. The summed E-state index contributed by atoms with van der Waals surface area (Å²) in [7, 11) is 2.70. The summed E-state index contributed by atoms with van der Waals surface area (Å²) in [6.45, 7) is 6.22. The number of hydrogen-bond donors (Lipinski definition) is 0. The lowest BCUT2D eigenvalue weighted by atomic mass is 10.2. The molecule has 6 nitrogen and oxygen atoms in total. The summed E-state index contributed by atoms with van der Waals surface area (Å²) in [5.41, 5.74) is -0.561. The molecule has 2 rings (SSSR count). The Morgan fingerprint density at radius 2 is 1.95 bits per heavy atom. The van der Waals surface area contributed by atoms with Gasteiger partial charge in [0.15, 0.2) is 0 Å². The van der Waals surface area contributed by atoms with Gasteiger partial charge in [-0.05, 0) is 12.8 Å². The summed E-state index contributed by atoms with van der Waals surface area (Å²) in [6.07, 6.45) is 0. The van der Waals surface area contributed by atoms with Crippen molar-refractivity contribution in [2.24, 2.45) is 13.0 Å². The molecule has 0 atom stereocenters. The van der Waals surface area contributed by atoms with E-state index in [0.29, 0.717) is 16.3 Å². The van der Waals surface area contributed by atoms with Gasteiger partial charge < -0.3 is 4.74 Å². The van der Waals surface area contributed by atoms with Crippen LogP contribution in [-0.4, -0.2) is 22.2 Å². The van der Waals surface area contributed by atoms with E-state index in [9.17, 15) is 14.4 Å². The second-order valence-corrected chi connectivity index (χ2v) is 6.56. The minimum absolute atomic E-state index is 0.243. The smallest absolute Gasteiger partial charge is 0.339 e. The highest BCUT2D eigenvalue weighted by Gasteiger charge is 2.24. The summed E-state index contributed by atoms with van der Waals surface area (Å²) in [4.78, 5) is 37.9. The SMILES string of the molecule is COC(=O)c1c(C)sc2c1c(=O)n(C)c(=O)n2CC(C)C. The zero-order chi connectivity index (χ0) is 15.9. The van der Waals surface area contributed by atoms with Crippen molar-refractivity contribution in [3.63, 3.8) is 0 Å². The molecule has 0 N–H and O–H groups in total. The van der Waals surface area contributed by atoms with Crippen LogP contribution in [-0.2, 0) is 18.3 Å². The highest BCUT2D eigenvalue weighted by molar-refractivity contribution is 7.19. The van der Waals surface area contributed by atoms with Gasteiger partial charge >= 0.3 is 11.7 Å². The maximum absolute atomic E-state index is 12.4. The van der Waals surface area contributed by atoms with Gasteiger partial charge in [0.2, 0.25) is 0 Å². The normalized spacial score (nSPS) is 11.3. The highest BCUT2D eigenvalue weighted by Crippen LogP contribution is 2.28. The first-order valence-corrected chi connectivity index (χ1v) is 7.42. The number of carbonyl (C=O) groups is 1. The first-order chi connectivity index (χ1) is 9.79. The Balaban J connectivity index is 2.98. The number of fused-ring (bicyclic) bond motifs is 1. The Bertz CT molecular complexity index is 826. The van der Waals surface area contributed by atoms with Crippen molar-refractivity contribution in [2.45, 2.75) is 27.3 Å². The van der Waals surface area contributed by atoms with E-state index in [2.05, 4.69) is 0 Å². The van der Waals surface area contributed by atoms with Crippen molar-refractivity contribution in [3.8, 4) is 0 Å². The van der Waals surface area contributed by atoms with Crippen LogP contribution >= 0.6 is 11.3 Å². The van der Waals surface area contributed by atoms with Crippen molar-refractivity contribution in [3.05, 3.63) is 31.3 Å². The first kappa shape index (κ1) is 15.5. The van der Waals surface area contributed by atoms with Crippen molar-refractivity contribution in [1.29, 1.82) is 0 Å². The average Bonchev–Trinajstić information content (AvgIpc) is 2.77. The molecule has 0 radical (unpaired) electrons. The lowest BCUT2D eigenvalue weighted by Gasteiger charge is -2.11. The minimum atomic E-state index is -0.550. The minimum Gasteiger partial charge on any atom is -0.465 e. The molecular weight excluding hydrogens is 292 g/mol. The summed E-state index contributed by atoms with van der Waals surface area (Å²) in [5, 5.41) is 0.270. The zero-order valence-electron chi connectivity index (χ0n) is 12.7. The van der Waals surface area contributed by atoms with E-state index < -0.39 is 11.5 Å². The first-order valence-electron chi connectivity index (χ1n) is 6.60. The molecule has 7 heteroatoms. The topological polar surface area (TPSA) is 70.3 Å². The molecule has 0 bridgehead atoms. The molecule has 0 spiro atoms. The molecule has 2 aromatic rings.